The molecule has 1 aromatic rings. The average molecular weight is 199 g/mol. The van der Waals surface area contributed by atoms with Gasteiger partial charge in [-0.2, -0.15) is 0 Å². The number of aryl methyl sites for hydroxylation is 1. The summed E-state index contributed by atoms with van der Waals surface area (Å²) >= 11 is 1.63. The highest BCUT2D eigenvalue weighted by molar-refractivity contribution is 7.09. The topological polar surface area (TPSA) is 72.0 Å². The highest BCUT2D eigenvalue weighted by Gasteiger charge is 2.00. The molecule has 0 saturated heterocycles. The second kappa shape index (κ2) is 4.94. The van der Waals surface area contributed by atoms with Gasteiger partial charge in [0.1, 0.15) is 12.4 Å². The first-order chi connectivity index (χ1) is 6.20. The second-order valence-electron chi connectivity index (χ2n) is 2.69. The smallest absolute Gasteiger partial charge is 0.117 e. The summed E-state index contributed by atoms with van der Waals surface area (Å²) in [6.07, 6.45) is 0.851. The number of nitrogens with two attached hydrogens (primary N) is 1. The predicted molar refractivity (Wildman–Crippen MR) is 53.3 cm³/mol. The fourth-order valence-corrected chi connectivity index (χ4v) is 1.68. The Balaban J connectivity index is 2.20. The third kappa shape index (κ3) is 3.52. The van der Waals surface area contributed by atoms with Gasteiger partial charge in [-0.05, 0) is 6.92 Å². The number of hydrogen-bond acceptors (Lipinski definition) is 4. The summed E-state index contributed by atoms with van der Waals surface area (Å²) < 4.78 is 5.15. The molecule has 0 unspecified atom stereocenters. The molecule has 1 aromatic heterocycles. The molecule has 0 atom stereocenters. The molecule has 13 heavy (non-hydrogen) atoms. The highest BCUT2D eigenvalue weighted by atomic mass is 32.1. The van der Waals surface area contributed by atoms with Crippen molar-refractivity contribution < 1.29 is 4.74 Å². The van der Waals surface area contributed by atoms with Gasteiger partial charge in [-0.3, -0.25) is 5.41 Å². The van der Waals surface area contributed by atoms with E-state index in [1.54, 1.807) is 11.3 Å². The number of ether oxygens (including phenoxy) is 1. The Kier molecular flexibility index (Phi) is 3.85. The van der Waals surface area contributed by atoms with Gasteiger partial charge in [0, 0.05) is 11.3 Å². The number of nitrogens with one attached hydrogen (secondary N) is 1. The molecule has 0 radical (unpaired) electrons. The molecule has 5 heteroatoms. The summed E-state index contributed by atoms with van der Waals surface area (Å²) in [7, 11) is 0. The minimum Gasteiger partial charge on any atom is -0.386 e. The van der Waals surface area contributed by atoms with E-state index in [-0.39, 0.29) is 12.4 Å². The molecule has 0 aliphatic heterocycles. The van der Waals surface area contributed by atoms with E-state index in [1.807, 2.05) is 12.4 Å². The molecule has 4 nitrogen and oxygen atoms in total. The van der Waals surface area contributed by atoms with Gasteiger partial charge >= 0.3 is 0 Å². The minimum atomic E-state index is 0.0704. The van der Waals surface area contributed by atoms with Crippen LogP contribution in [0.3, 0.4) is 0 Å². The Morgan fingerprint density at radius 3 is 3.08 bits per heavy atom. The van der Waals surface area contributed by atoms with Crippen molar-refractivity contribution in [1.82, 2.24) is 4.98 Å². The molecule has 0 bridgehead atoms. The molecule has 1 heterocycles. The number of thiazole rings is 1. The van der Waals surface area contributed by atoms with E-state index in [0.717, 1.165) is 12.1 Å². The summed E-state index contributed by atoms with van der Waals surface area (Å²) in [6, 6.07) is 0. The maximum absolute atomic E-state index is 6.93. The average Bonchev–Trinajstić information content (AvgIpc) is 2.45. The van der Waals surface area contributed by atoms with Crippen LogP contribution >= 0.6 is 11.3 Å². The standard InChI is InChI=1S/C8H13N3OS/c1-6-7(13-5-11-6)2-3-12-4-8(9)10/h5H,2-4H2,1H3,(H3,9,10). The van der Waals surface area contributed by atoms with E-state index in [1.165, 1.54) is 4.88 Å². The first-order valence-electron chi connectivity index (χ1n) is 3.99. The third-order valence-corrected chi connectivity index (χ3v) is 2.57. The number of rotatable bonds is 5. The summed E-state index contributed by atoms with van der Waals surface area (Å²) in [6.45, 7) is 2.80. The normalized spacial score (nSPS) is 10.2. The van der Waals surface area contributed by atoms with Crippen LogP contribution in [-0.2, 0) is 11.2 Å². The molecule has 72 valence electrons. The molecular weight excluding hydrogens is 186 g/mol. The molecule has 0 aliphatic carbocycles. The van der Waals surface area contributed by atoms with E-state index in [4.69, 9.17) is 15.9 Å². The van der Waals surface area contributed by atoms with Crippen molar-refractivity contribution in [2.45, 2.75) is 13.3 Å². The number of aromatic nitrogens is 1. The van der Waals surface area contributed by atoms with E-state index in [2.05, 4.69) is 4.98 Å². The van der Waals surface area contributed by atoms with Crippen molar-refractivity contribution in [3.05, 3.63) is 16.1 Å². The van der Waals surface area contributed by atoms with Crippen molar-refractivity contribution in [3.8, 4) is 0 Å². The Labute approximate surface area is 81.3 Å². The fraction of sp³-hybridized carbons (Fsp3) is 0.500. The maximum Gasteiger partial charge on any atom is 0.117 e. The SMILES string of the molecule is Cc1ncsc1CCOCC(=N)N. The lowest BCUT2D eigenvalue weighted by Crippen LogP contribution is -2.18. The summed E-state index contributed by atoms with van der Waals surface area (Å²) in [5, 5.41) is 6.93. The van der Waals surface area contributed by atoms with Gasteiger partial charge < -0.3 is 10.5 Å². The molecule has 0 fully saturated rings. The summed E-state index contributed by atoms with van der Waals surface area (Å²) in [4.78, 5) is 5.37. The summed E-state index contributed by atoms with van der Waals surface area (Å²) in [5.74, 6) is 0.0704. The van der Waals surface area contributed by atoms with Crippen LogP contribution in [0.5, 0.6) is 0 Å². The Morgan fingerprint density at radius 2 is 2.54 bits per heavy atom. The van der Waals surface area contributed by atoms with Gasteiger partial charge in [0.2, 0.25) is 0 Å². The summed E-state index contributed by atoms with van der Waals surface area (Å²) in [5.41, 5.74) is 8.03. The molecule has 3 N–H and O–H groups in total. The first kappa shape index (κ1) is 10.1. The van der Waals surface area contributed by atoms with Crippen LogP contribution in [0.2, 0.25) is 0 Å². The van der Waals surface area contributed by atoms with E-state index < -0.39 is 0 Å². The van der Waals surface area contributed by atoms with E-state index in [0.29, 0.717) is 6.61 Å². The molecule has 0 aromatic carbocycles. The van der Waals surface area contributed by atoms with Crippen LogP contribution < -0.4 is 5.73 Å². The Hall–Kier alpha value is -0.940. The van der Waals surface area contributed by atoms with Crippen molar-refractivity contribution in [2.75, 3.05) is 13.2 Å². The van der Waals surface area contributed by atoms with Gasteiger partial charge in [0.15, 0.2) is 0 Å². The zero-order valence-corrected chi connectivity index (χ0v) is 8.36. The number of nitrogens with zero attached hydrogens (tertiary/aromatic N) is 1. The molecular formula is C8H13N3OS. The lowest BCUT2D eigenvalue weighted by molar-refractivity contribution is 0.174. The van der Waals surface area contributed by atoms with Crippen LogP contribution in [-0.4, -0.2) is 24.0 Å². The predicted octanol–water partition coefficient (Wildman–Crippen LogP) is 0.947. The van der Waals surface area contributed by atoms with Gasteiger partial charge in [-0.25, -0.2) is 4.98 Å². The second-order valence-corrected chi connectivity index (χ2v) is 3.63. The molecule has 0 aliphatic rings. The van der Waals surface area contributed by atoms with Crippen LogP contribution in [0.4, 0.5) is 0 Å². The molecule has 0 spiro atoms. The van der Waals surface area contributed by atoms with Gasteiger partial charge in [-0.1, -0.05) is 0 Å². The number of hydrogen-bond donors (Lipinski definition) is 2. The maximum atomic E-state index is 6.93. The van der Waals surface area contributed by atoms with Crippen LogP contribution in [0, 0.1) is 12.3 Å². The minimum absolute atomic E-state index is 0.0704. The highest BCUT2D eigenvalue weighted by Crippen LogP contribution is 2.12. The zero-order chi connectivity index (χ0) is 9.68. The van der Waals surface area contributed by atoms with Gasteiger partial charge in [0.05, 0.1) is 17.8 Å². The van der Waals surface area contributed by atoms with Crippen LogP contribution in [0.25, 0.3) is 0 Å². The van der Waals surface area contributed by atoms with Gasteiger partial charge in [-0.15, -0.1) is 11.3 Å². The van der Waals surface area contributed by atoms with E-state index in [9.17, 15) is 0 Å². The molecule has 0 saturated carbocycles. The molecule has 0 amide bonds. The van der Waals surface area contributed by atoms with Crippen LogP contribution in [0.1, 0.15) is 10.6 Å². The lowest BCUT2D eigenvalue weighted by Gasteiger charge is -2.01. The van der Waals surface area contributed by atoms with Crippen molar-refractivity contribution in [2.24, 2.45) is 5.73 Å². The van der Waals surface area contributed by atoms with Gasteiger partial charge in [0.25, 0.3) is 0 Å². The third-order valence-electron chi connectivity index (χ3n) is 1.58. The Bertz CT molecular complexity index is 285. The first-order valence-corrected chi connectivity index (χ1v) is 4.87. The van der Waals surface area contributed by atoms with Crippen molar-refractivity contribution in [3.63, 3.8) is 0 Å². The van der Waals surface area contributed by atoms with Crippen molar-refractivity contribution in [1.29, 1.82) is 5.41 Å². The van der Waals surface area contributed by atoms with Crippen LogP contribution in [0.15, 0.2) is 5.51 Å². The van der Waals surface area contributed by atoms with Crippen molar-refractivity contribution >= 4 is 17.2 Å². The quantitative estimate of drug-likeness (QED) is 0.421. The molecule has 1 rings (SSSR count). The Morgan fingerprint density at radius 1 is 1.77 bits per heavy atom. The number of amidine groups is 1. The zero-order valence-electron chi connectivity index (χ0n) is 7.54. The van der Waals surface area contributed by atoms with E-state index >= 15 is 0 Å². The fourth-order valence-electron chi connectivity index (χ4n) is 0.913. The largest absolute Gasteiger partial charge is 0.386 e. The monoisotopic (exact) mass is 199 g/mol. The lowest BCUT2D eigenvalue weighted by atomic mass is 10.3.